The zero-order valence-corrected chi connectivity index (χ0v) is 19.0. The summed E-state index contributed by atoms with van der Waals surface area (Å²) in [5.41, 5.74) is 4.70. The molecule has 0 bridgehead atoms. The van der Waals surface area contributed by atoms with Gasteiger partial charge in [-0.05, 0) is 87.3 Å². The van der Waals surface area contributed by atoms with E-state index >= 15 is 0 Å². The first-order valence-electron chi connectivity index (χ1n) is 11.7. The van der Waals surface area contributed by atoms with Gasteiger partial charge in [-0.2, -0.15) is 0 Å². The first-order chi connectivity index (χ1) is 14.5. The molecule has 1 saturated carbocycles. The number of allylic oxidation sites excluding steroid dienone is 4. The maximum Gasteiger partial charge on any atom is 0.254 e. The maximum absolute atomic E-state index is 13.5. The molecule has 162 valence electrons. The van der Waals surface area contributed by atoms with Crippen molar-refractivity contribution >= 4 is 11.5 Å². The van der Waals surface area contributed by atoms with Gasteiger partial charge in [0.15, 0.2) is 0 Å². The molecule has 2 aliphatic rings. The van der Waals surface area contributed by atoms with Crippen molar-refractivity contribution in [3.8, 4) is 0 Å². The Morgan fingerprint density at radius 3 is 2.53 bits per heavy atom. The number of carbonyl (C=O) groups is 1. The second-order valence-corrected chi connectivity index (χ2v) is 8.99. The van der Waals surface area contributed by atoms with Crippen molar-refractivity contribution in [3.63, 3.8) is 0 Å². The molecular weight excluding hydrogens is 368 g/mol. The van der Waals surface area contributed by atoms with E-state index in [-0.39, 0.29) is 11.9 Å². The van der Waals surface area contributed by atoms with Gasteiger partial charge in [0.05, 0.1) is 0 Å². The molecule has 1 aromatic rings. The molecule has 1 amide bonds. The summed E-state index contributed by atoms with van der Waals surface area (Å²) in [5.74, 6) is 0.785. The lowest BCUT2D eigenvalue weighted by atomic mass is 10.0. The van der Waals surface area contributed by atoms with E-state index in [1.54, 1.807) is 0 Å². The summed E-state index contributed by atoms with van der Waals surface area (Å²) in [6.07, 6.45) is 13.9. The van der Waals surface area contributed by atoms with Crippen molar-refractivity contribution in [1.82, 2.24) is 10.2 Å². The van der Waals surface area contributed by atoms with Crippen LogP contribution in [0.1, 0.15) is 81.6 Å². The number of nitrogens with one attached hydrogen (secondary N) is 1. The highest BCUT2D eigenvalue weighted by molar-refractivity contribution is 5.95. The minimum atomic E-state index is 0.200. The SMILES string of the molecule is C=C(C)CCCC(CCN/C=C\CC)N(C(=O)c1ccc(C2=CC2C)cc1)C1CC1. The molecule has 2 atom stereocenters. The van der Waals surface area contributed by atoms with Crippen molar-refractivity contribution < 1.29 is 4.79 Å². The van der Waals surface area contributed by atoms with Crippen molar-refractivity contribution in [2.45, 2.75) is 77.8 Å². The van der Waals surface area contributed by atoms with Crippen LogP contribution in [0, 0.1) is 5.92 Å². The Labute approximate surface area is 182 Å². The minimum absolute atomic E-state index is 0.200. The van der Waals surface area contributed by atoms with Crippen LogP contribution in [0.5, 0.6) is 0 Å². The van der Waals surface area contributed by atoms with Gasteiger partial charge in [-0.1, -0.05) is 43.7 Å². The van der Waals surface area contributed by atoms with Gasteiger partial charge in [0.1, 0.15) is 0 Å². The average Bonchev–Trinajstić information content (AvgIpc) is 3.65. The molecule has 3 rings (SSSR count). The van der Waals surface area contributed by atoms with Gasteiger partial charge in [-0.15, -0.1) is 6.58 Å². The molecule has 0 heterocycles. The molecule has 30 heavy (non-hydrogen) atoms. The van der Waals surface area contributed by atoms with Crippen LogP contribution < -0.4 is 5.32 Å². The van der Waals surface area contributed by atoms with Crippen molar-refractivity contribution in [2.75, 3.05) is 6.54 Å². The standard InChI is InChI=1S/C27H38N2O/c1-5-6-17-28-18-16-24(9-7-8-20(2)3)29(25-14-15-25)27(30)23-12-10-22(11-13-23)26-19-21(26)4/h6,10-13,17,19,21,24-25,28H,2,5,7-9,14-16,18H2,1,3-4H3/b17-6-. The number of amides is 1. The lowest BCUT2D eigenvalue weighted by Gasteiger charge is -2.33. The number of hydrogen-bond donors (Lipinski definition) is 1. The highest BCUT2D eigenvalue weighted by Gasteiger charge is 2.37. The third kappa shape index (κ3) is 6.35. The van der Waals surface area contributed by atoms with Crippen LogP contribution in [0.15, 0.2) is 54.8 Å². The molecule has 2 aliphatic carbocycles. The Morgan fingerprint density at radius 1 is 1.27 bits per heavy atom. The monoisotopic (exact) mass is 406 g/mol. The van der Waals surface area contributed by atoms with Gasteiger partial charge in [-0.25, -0.2) is 0 Å². The van der Waals surface area contributed by atoms with Gasteiger partial charge in [-0.3, -0.25) is 4.79 Å². The Hall–Kier alpha value is -2.29. The van der Waals surface area contributed by atoms with E-state index in [0.29, 0.717) is 12.0 Å². The molecule has 2 unspecified atom stereocenters. The predicted octanol–water partition coefficient (Wildman–Crippen LogP) is 6.34. The van der Waals surface area contributed by atoms with E-state index in [9.17, 15) is 4.79 Å². The topological polar surface area (TPSA) is 32.3 Å². The summed E-state index contributed by atoms with van der Waals surface area (Å²) < 4.78 is 0. The van der Waals surface area contributed by atoms with E-state index in [2.05, 4.69) is 61.9 Å². The normalized spacial score (nSPS) is 18.8. The highest BCUT2D eigenvalue weighted by atomic mass is 16.2. The fourth-order valence-electron chi connectivity index (χ4n) is 4.11. The van der Waals surface area contributed by atoms with Crippen LogP contribution in [0.3, 0.4) is 0 Å². The van der Waals surface area contributed by atoms with Crippen LogP contribution in [0.2, 0.25) is 0 Å². The largest absolute Gasteiger partial charge is 0.391 e. The van der Waals surface area contributed by atoms with E-state index in [1.165, 1.54) is 16.7 Å². The Balaban J connectivity index is 1.69. The fraction of sp³-hybridized carbons (Fsp3) is 0.519. The van der Waals surface area contributed by atoms with Gasteiger partial charge in [0.25, 0.3) is 5.91 Å². The Bertz CT molecular complexity index is 786. The predicted molar refractivity (Wildman–Crippen MR) is 127 cm³/mol. The van der Waals surface area contributed by atoms with Crippen LogP contribution in [-0.4, -0.2) is 29.4 Å². The summed E-state index contributed by atoms with van der Waals surface area (Å²) in [6, 6.07) is 8.95. The van der Waals surface area contributed by atoms with E-state index in [4.69, 9.17) is 0 Å². The summed E-state index contributed by atoms with van der Waals surface area (Å²) in [5, 5.41) is 3.40. The zero-order valence-electron chi connectivity index (χ0n) is 19.0. The second kappa shape index (κ2) is 10.7. The van der Waals surface area contributed by atoms with Crippen molar-refractivity contribution in [1.29, 1.82) is 0 Å². The molecule has 3 heteroatoms. The Morgan fingerprint density at radius 2 is 1.97 bits per heavy atom. The average molecular weight is 407 g/mol. The molecule has 3 nitrogen and oxygen atoms in total. The third-order valence-electron chi connectivity index (χ3n) is 6.08. The molecule has 0 spiro atoms. The smallest absolute Gasteiger partial charge is 0.254 e. The number of rotatable bonds is 13. The molecule has 0 radical (unpaired) electrons. The van der Waals surface area contributed by atoms with Gasteiger partial charge >= 0.3 is 0 Å². The number of carbonyl (C=O) groups excluding carboxylic acids is 1. The maximum atomic E-state index is 13.5. The Kier molecular flexibility index (Phi) is 7.95. The summed E-state index contributed by atoms with van der Waals surface area (Å²) in [7, 11) is 0. The second-order valence-electron chi connectivity index (χ2n) is 8.99. The van der Waals surface area contributed by atoms with Crippen LogP contribution in [-0.2, 0) is 0 Å². The molecule has 0 saturated heterocycles. The number of benzene rings is 1. The van der Waals surface area contributed by atoms with Gasteiger partial charge < -0.3 is 10.2 Å². The van der Waals surface area contributed by atoms with Crippen LogP contribution >= 0.6 is 0 Å². The number of nitrogens with zero attached hydrogens (tertiary/aromatic N) is 1. The lowest BCUT2D eigenvalue weighted by molar-refractivity contribution is 0.0638. The zero-order chi connectivity index (χ0) is 21.5. The summed E-state index contributed by atoms with van der Waals surface area (Å²) in [6.45, 7) is 11.4. The molecule has 0 aliphatic heterocycles. The molecule has 0 aromatic heterocycles. The van der Waals surface area contributed by atoms with E-state index < -0.39 is 0 Å². The van der Waals surface area contributed by atoms with E-state index in [1.807, 2.05) is 18.3 Å². The quantitative estimate of drug-likeness (QED) is 0.306. The van der Waals surface area contributed by atoms with Crippen molar-refractivity contribution in [2.24, 2.45) is 5.92 Å². The van der Waals surface area contributed by atoms with E-state index in [0.717, 1.165) is 57.1 Å². The van der Waals surface area contributed by atoms with Gasteiger partial charge in [0, 0.05) is 24.2 Å². The van der Waals surface area contributed by atoms with Crippen LogP contribution in [0.25, 0.3) is 5.57 Å². The van der Waals surface area contributed by atoms with Crippen molar-refractivity contribution in [3.05, 3.63) is 65.9 Å². The highest BCUT2D eigenvalue weighted by Crippen LogP contribution is 2.38. The first kappa shape index (κ1) is 22.4. The lowest BCUT2D eigenvalue weighted by Crippen LogP contribution is -2.43. The first-order valence-corrected chi connectivity index (χ1v) is 11.7. The van der Waals surface area contributed by atoms with Gasteiger partial charge in [0.2, 0.25) is 0 Å². The fourth-order valence-corrected chi connectivity index (χ4v) is 4.11. The molecule has 1 aromatic carbocycles. The minimum Gasteiger partial charge on any atom is -0.391 e. The third-order valence-corrected chi connectivity index (χ3v) is 6.08. The van der Waals surface area contributed by atoms with Crippen LogP contribution in [0.4, 0.5) is 0 Å². The summed E-state index contributed by atoms with van der Waals surface area (Å²) in [4.78, 5) is 15.7. The molecular formula is C27H38N2O. The molecule has 1 fully saturated rings. The molecule has 1 N–H and O–H groups in total. The summed E-state index contributed by atoms with van der Waals surface area (Å²) >= 11 is 0. The number of hydrogen-bond acceptors (Lipinski definition) is 2.